The predicted octanol–water partition coefficient (Wildman–Crippen LogP) is -1.32. The Kier molecular flexibility index (Phi) is 4.89. The topological polar surface area (TPSA) is 95.9 Å². The normalized spacial score (nSPS) is 19.5. The van der Waals surface area contributed by atoms with E-state index in [9.17, 15) is 14.4 Å². The Labute approximate surface area is 98.7 Å². The number of likely N-dealkylation sites (tertiary alicyclic amines) is 1. The molecule has 0 spiro atoms. The van der Waals surface area contributed by atoms with E-state index in [1.807, 2.05) is 0 Å². The van der Waals surface area contributed by atoms with Crippen LogP contribution in [0.5, 0.6) is 0 Å². The quantitative estimate of drug-likeness (QED) is 0.604. The third kappa shape index (κ3) is 4.03. The van der Waals surface area contributed by atoms with Crippen molar-refractivity contribution in [3.05, 3.63) is 0 Å². The molecule has 1 aliphatic heterocycles. The maximum absolute atomic E-state index is 11.5. The molecule has 2 amide bonds. The molecule has 0 saturated carbocycles. The Balaban J connectivity index is 2.39. The van der Waals surface area contributed by atoms with Crippen LogP contribution in [-0.2, 0) is 19.1 Å². The number of carbonyl (C=O) groups is 3. The van der Waals surface area contributed by atoms with E-state index in [0.29, 0.717) is 19.7 Å². The van der Waals surface area contributed by atoms with Crippen molar-refractivity contribution in [1.82, 2.24) is 10.2 Å². The Morgan fingerprint density at radius 3 is 2.88 bits per heavy atom. The van der Waals surface area contributed by atoms with Gasteiger partial charge in [-0.2, -0.15) is 0 Å². The zero-order valence-electron chi connectivity index (χ0n) is 9.64. The molecule has 96 valence electrons. The summed E-state index contributed by atoms with van der Waals surface area (Å²) in [5.74, 6) is -2.05. The van der Waals surface area contributed by atoms with Gasteiger partial charge in [0.05, 0.1) is 12.5 Å². The lowest BCUT2D eigenvalue weighted by Crippen LogP contribution is -2.36. The van der Waals surface area contributed by atoms with Gasteiger partial charge in [-0.25, -0.2) is 0 Å². The Morgan fingerprint density at radius 1 is 1.59 bits per heavy atom. The van der Waals surface area contributed by atoms with Gasteiger partial charge in [-0.1, -0.05) is 0 Å². The van der Waals surface area contributed by atoms with Gasteiger partial charge in [-0.3, -0.25) is 14.4 Å². The number of hydrogen-bond donors (Lipinski definition) is 2. The Hall–Kier alpha value is -1.63. The van der Waals surface area contributed by atoms with Crippen molar-refractivity contribution < 1.29 is 24.2 Å². The SMILES string of the molecule is COCCN1C[C@H](C(=O)NCC(=O)O)CC1=O. The molecule has 0 radical (unpaired) electrons. The molecule has 17 heavy (non-hydrogen) atoms. The first-order valence-electron chi connectivity index (χ1n) is 5.30. The lowest BCUT2D eigenvalue weighted by molar-refractivity contribution is -0.138. The van der Waals surface area contributed by atoms with E-state index >= 15 is 0 Å². The average molecular weight is 244 g/mol. The van der Waals surface area contributed by atoms with Gasteiger partial charge in [0.1, 0.15) is 6.54 Å². The first-order valence-corrected chi connectivity index (χ1v) is 5.30. The first-order chi connectivity index (χ1) is 8.04. The number of carboxylic acids is 1. The molecule has 0 bridgehead atoms. The van der Waals surface area contributed by atoms with Gasteiger partial charge in [0.2, 0.25) is 11.8 Å². The molecule has 1 saturated heterocycles. The van der Waals surface area contributed by atoms with Crippen LogP contribution in [0.25, 0.3) is 0 Å². The number of rotatable bonds is 6. The highest BCUT2D eigenvalue weighted by Gasteiger charge is 2.33. The number of nitrogens with one attached hydrogen (secondary N) is 1. The minimum absolute atomic E-state index is 0.0995. The van der Waals surface area contributed by atoms with Crippen molar-refractivity contribution in [1.29, 1.82) is 0 Å². The number of aliphatic carboxylic acids is 1. The van der Waals surface area contributed by atoms with E-state index in [1.165, 1.54) is 7.11 Å². The van der Waals surface area contributed by atoms with Crippen molar-refractivity contribution in [2.75, 3.05) is 33.4 Å². The van der Waals surface area contributed by atoms with Gasteiger partial charge in [0, 0.05) is 26.6 Å². The zero-order valence-corrected chi connectivity index (χ0v) is 9.64. The second-order valence-corrected chi connectivity index (χ2v) is 3.85. The van der Waals surface area contributed by atoms with E-state index in [0.717, 1.165) is 0 Å². The third-order valence-corrected chi connectivity index (χ3v) is 2.56. The summed E-state index contributed by atoms with van der Waals surface area (Å²) in [6, 6.07) is 0. The fraction of sp³-hybridized carbons (Fsp3) is 0.700. The van der Waals surface area contributed by atoms with Crippen molar-refractivity contribution in [3.63, 3.8) is 0 Å². The minimum atomic E-state index is -1.10. The molecule has 1 atom stereocenters. The van der Waals surface area contributed by atoms with Crippen LogP contribution in [0.4, 0.5) is 0 Å². The van der Waals surface area contributed by atoms with Gasteiger partial charge in [0.25, 0.3) is 0 Å². The van der Waals surface area contributed by atoms with Gasteiger partial charge in [-0.05, 0) is 0 Å². The molecule has 0 aromatic heterocycles. The van der Waals surface area contributed by atoms with E-state index in [2.05, 4.69) is 5.32 Å². The number of methoxy groups -OCH3 is 1. The summed E-state index contributed by atoms with van der Waals surface area (Å²) in [7, 11) is 1.54. The highest BCUT2D eigenvalue weighted by molar-refractivity contribution is 5.90. The molecule has 1 heterocycles. The minimum Gasteiger partial charge on any atom is -0.480 e. The number of carbonyl (C=O) groups excluding carboxylic acids is 2. The molecule has 0 aliphatic carbocycles. The smallest absolute Gasteiger partial charge is 0.322 e. The van der Waals surface area contributed by atoms with Crippen LogP contribution in [0.15, 0.2) is 0 Å². The van der Waals surface area contributed by atoms with Crippen LogP contribution >= 0.6 is 0 Å². The summed E-state index contributed by atoms with van der Waals surface area (Å²) < 4.78 is 4.85. The number of hydrogen-bond acceptors (Lipinski definition) is 4. The van der Waals surface area contributed by atoms with Crippen molar-refractivity contribution in [2.45, 2.75) is 6.42 Å². The summed E-state index contributed by atoms with van der Waals surface area (Å²) in [6.07, 6.45) is 0.134. The molecule has 1 rings (SSSR count). The highest BCUT2D eigenvalue weighted by Crippen LogP contribution is 2.17. The number of nitrogens with zero attached hydrogens (tertiary/aromatic N) is 1. The molecule has 7 heteroatoms. The summed E-state index contributed by atoms with van der Waals surface area (Å²) >= 11 is 0. The number of ether oxygens (including phenoxy) is 1. The van der Waals surface area contributed by atoms with Crippen LogP contribution < -0.4 is 5.32 Å². The van der Waals surface area contributed by atoms with E-state index < -0.39 is 18.4 Å². The van der Waals surface area contributed by atoms with Crippen LogP contribution in [-0.4, -0.2) is 61.1 Å². The van der Waals surface area contributed by atoms with Gasteiger partial charge >= 0.3 is 5.97 Å². The zero-order chi connectivity index (χ0) is 12.8. The summed E-state index contributed by atoms with van der Waals surface area (Å²) in [4.78, 5) is 34.9. The summed E-state index contributed by atoms with van der Waals surface area (Å²) in [6.45, 7) is 0.794. The van der Waals surface area contributed by atoms with Crippen molar-refractivity contribution in [3.8, 4) is 0 Å². The molecule has 2 N–H and O–H groups in total. The molecule has 1 aliphatic rings. The van der Waals surface area contributed by atoms with Crippen molar-refractivity contribution in [2.24, 2.45) is 5.92 Å². The Bertz CT molecular complexity index is 318. The van der Waals surface area contributed by atoms with Crippen molar-refractivity contribution >= 4 is 17.8 Å². The molecular weight excluding hydrogens is 228 g/mol. The first kappa shape index (κ1) is 13.4. The lowest BCUT2D eigenvalue weighted by Gasteiger charge is -2.15. The second kappa shape index (κ2) is 6.19. The fourth-order valence-electron chi connectivity index (χ4n) is 1.67. The summed E-state index contributed by atoms with van der Waals surface area (Å²) in [5, 5.41) is 10.7. The number of carboxylic acid groups (broad SMARTS) is 1. The molecule has 0 aromatic rings. The van der Waals surface area contributed by atoms with Crippen LogP contribution in [0.3, 0.4) is 0 Å². The maximum Gasteiger partial charge on any atom is 0.322 e. The molecular formula is C10H16N2O5. The molecule has 0 unspecified atom stereocenters. The van der Waals surface area contributed by atoms with Crippen LogP contribution in [0, 0.1) is 5.92 Å². The molecule has 1 fully saturated rings. The largest absolute Gasteiger partial charge is 0.480 e. The van der Waals surface area contributed by atoms with E-state index in [1.54, 1.807) is 4.90 Å². The van der Waals surface area contributed by atoms with E-state index in [4.69, 9.17) is 9.84 Å². The number of amides is 2. The molecule has 0 aromatic carbocycles. The third-order valence-electron chi connectivity index (χ3n) is 2.56. The lowest BCUT2D eigenvalue weighted by atomic mass is 10.1. The highest BCUT2D eigenvalue weighted by atomic mass is 16.5. The van der Waals surface area contributed by atoms with Crippen LogP contribution in [0.2, 0.25) is 0 Å². The summed E-state index contributed by atoms with van der Waals surface area (Å²) in [5.41, 5.74) is 0. The standard InChI is InChI=1S/C10H16N2O5/c1-17-3-2-12-6-7(4-8(12)13)10(16)11-5-9(14)15/h7H,2-6H2,1H3,(H,11,16)(H,14,15)/t7-/m1/s1. The van der Waals surface area contributed by atoms with Gasteiger partial charge in [-0.15, -0.1) is 0 Å². The second-order valence-electron chi connectivity index (χ2n) is 3.85. The molecule has 7 nitrogen and oxygen atoms in total. The predicted molar refractivity (Wildman–Crippen MR) is 57.2 cm³/mol. The Morgan fingerprint density at radius 2 is 2.29 bits per heavy atom. The average Bonchev–Trinajstić information content (AvgIpc) is 2.65. The van der Waals surface area contributed by atoms with Gasteiger partial charge in [0.15, 0.2) is 0 Å². The van der Waals surface area contributed by atoms with Gasteiger partial charge < -0.3 is 20.1 Å². The fourth-order valence-corrected chi connectivity index (χ4v) is 1.67. The maximum atomic E-state index is 11.5. The monoisotopic (exact) mass is 244 g/mol. The van der Waals surface area contributed by atoms with E-state index in [-0.39, 0.29) is 18.2 Å². The van der Waals surface area contributed by atoms with Crippen LogP contribution in [0.1, 0.15) is 6.42 Å².